The minimum Gasteiger partial charge on any atom is -0.450 e. The largest absolute Gasteiger partial charge is 0.450 e. The van der Waals surface area contributed by atoms with Gasteiger partial charge in [-0.1, -0.05) is 12.1 Å². The molecular formula is C18H25N3O4. The van der Waals surface area contributed by atoms with Gasteiger partial charge in [0.25, 0.3) is 0 Å². The summed E-state index contributed by atoms with van der Waals surface area (Å²) in [5.74, 6) is -0.302. The second kappa shape index (κ2) is 8.50. The smallest absolute Gasteiger partial charge is 0.409 e. The molecule has 1 aliphatic heterocycles. The normalized spacial score (nSPS) is 14.2. The highest BCUT2D eigenvalue weighted by molar-refractivity contribution is 5.97. The van der Waals surface area contributed by atoms with Gasteiger partial charge in [-0.05, 0) is 31.5 Å². The van der Waals surface area contributed by atoms with Crippen molar-refractivity contribution in [1.29, 1.82) is 0 Å². The van der Waals surface area contributed by atoms with Crippen molar-refractivity contribution >= 4 is 23.6 Å². The maximum Gasteiger partial charge on any atom is 0.409 e. The number of piperazine rings is 1. The number of hydrogen-bond donors (Lipinski definition) is 0. The fourth-order valence-corrected chi connectivity index (χ4v) is 2.77. The Kier molecular flexibility index (Phi) is 6.38. The Morgan fingerprint density at radius 3 is 2.32 bits per heavy atom. The lowest BCUT2D eigenvalue weighted by molar-refractivity contribution is -0.132. The molecule has 25 heavy (non-hydrogen) atoms. The molecule has 1 aliphatic rings. The van der Waals surface area contributed by atoms with Crippen molar-refractivity contribution in [2.45, 2.75) is 20.8 Å². The molecule has 0 saturated carbocycles. The average molecular weight is 347 g/mol. The van der Waals surface area contributed by atoms with Gasteiger partial charge in [-0.2, -0.15) is 0 Å². The van der Waals surface area contributed by atoms with Crippen LogP contribution < -0.4 is 4.90 Å². The Bertz CT molecular complexity index is 639. The molecule has 0 atom stereocenters. The van der Waals surface area contributed by atoms with Crippen LogP contribution in [0.5, 0.6) is 0 Å². The highest BCUT2D eigenvalue weighted by atomic mass is 16.6. The Morgan fingerprint density at radius 1 is 1.12 bits per heavy atom. The van der Waals surface area contributed by atoms with Crippen LogP contribution in [0.2, 0.25) is 0 Å². The monoisotopic (exact) mass is 347 g/mol. The summed E-state index contributed by atoms with van der Waals surface area (Å²) in [6, 6.07) is 7.51. The quantitative estimate of drug-likeness (QED) is 0.830. The van der Waals surface area contributed by atoms with Gasteiger partial charge in [0.1, 0.15) is 6.54 Å². The van der Waals surface area contributed by atoms with E-state index < -0.39 is 0 Å². The predicted molar refractivity (Wildman–Crippen MR) is 94.4 cm³/mol. The molecule has 0 aromatic heterocycles. The summed E-state index contributed by atoms with van der Waals surface area (Å²) in [6.45, 7) is 7.25. The molecular weight excluding hydrogens is 322 g/mol. The first-order valence-corrected chi connectivity index (χ1v) is 8.46. The van der Waals surface area contributed by atoms with Crippen LogP contribution in [-0.4, -0.2) is 67.0 Å². The molecule has 1 saturated heterocycles. The summed E-state index contributed by atoms with van der Waals surface area (Å²) in [6.07, 6.45) is -0.347. The molecule has 1 heterocycles. The lowest BCUT2D eigenvalue weighted by Crippen LogP contribution is -2.53. The number of ether oxygens (including phenoxy) is 1. The van der Waals surface area contributed by atoms with Gasteiger partial charge in [0.05, 0.1) is 6.61 Å². The molecule has 3 amide bonds. The van der Waals surface area contributed by atoms with Crippen LogP contribution in [0.15, 0.2) is 24.3 Å². The van der Waals surface area contributed by atoms with Crippen LogP contribution in [0.4, 0.5) is 10.5 Å². The lowest BCUT2D eigenvalue weighted by atomic mass is 10.2. The first kappa shape index (κ1) is 18.8. The number of benzene rings is 1. The van der Waals surface area contributed by atoms with Gasteiger partial charge in [0.2, 0.25) is 11.8 Å². The molecule has 0 spiro atoms. The fourth-order valence-electron chi connectivity index (χ4n) is 2.77. The van der Waals surface area contributed by atoms with Gasteiger partial charge in [-0.15, -0.1) is 0 Å². The van der Waals surface area contributed by atoms with Gasteiger partial charge in [0, 0.05) is 38.8 Å². The van der Waals surface area contributed by atoms with Gasteiger partial charge in [-0.3, -0.25) is 9.59 Å². The second-order valence-electron chi connectivity index (χ2n) is 6.01. The highest BCUT2D eigenvalue weighted by Gasteiger charge is 2.26. The second-order valence-corrected chi connectivity index (χ2v) is 6.01. The van der Waals surface area contributed by atoms with Crippen LogP contribution in [0.1, 0.15) is 19.4 Å². The number of amides is 3. The summed E-state index contributed by atoms with van der Waals surface area (Å²) < 4.78 is 4.97. The third-order valence-electron chi connectivity index (χ3n) is 4.15. The standard InChI is InChI=1S/C18H25N3O4/c1-4-25-18(24)20-10-8-19(9-11-20)17(23)13-21(15(3)22)16-7-5-6-14(2)12-16/h5-7,12H,4,8-11,13H2,1-3H3. The molecule has 7 nitrogen and oxygen atoms in total. The SMILES string of the molecule is CCOC(=O)N1CCN(C(=O)CN(C(C)=O)c2cccc(C)c2)CC1. The predicted octanol–water partition coefficient (Wildman–Crippen LogP) is 1.65. The van der Waals surface area contributed by atoms with Crippen molar-refractivity contribution in [3.05, 3.63) is 29.8 Å². The zero-order valence-corrected chi connectivity index (χ0v) is 15.0. The number of carbonyl (C=O) groups is 3. The molecule has 1 aromatic carbocycles. The Morgan fingerprint density at radius 2 is 1.76 bits per heavy atom. The molecule has 0 bridgehead atoms. The van der Waals surface area contributed by atoms with Gasteiger partial charge in [-0.25, -0.2) is 4.79 Å². The van der Waals surface area contributed by atoms with Crippen LogP contribution in [0, 0.1) is 6.92 Å². The number of nitrogens with zero attached hydrogens (tertiary/aromatic N) is 3. The molecule has 0 aliphatic carbocycles. The highest BCUT2D eigenvalue weighted by Crippen LogP contribution is 2.16. The summed E-state index contributed by atoms with van der Waals surface area (Å²) in [5, 5.41) is 0. The van der Waals surface area contributed by atoms with Crippen LogP contribution >= 0.6 is 0 Å². The minimum atomic E-state index is -0.347. The topological polar surface area (TPSA) is 70.2 Å². The average Bonchev–Trinajstić information content (AvgIpc) is 2.59. The van der Waals surface area contributed by atoms with E-state index >= 15 is 0 Å². The number of aryl methyl sites for hydroxylation is 1. The van der Waals surface area contributed by atoms with Crippen molar-refractivity contribution in [1.82, 2.24) is 9.80 Å². The number of anilines is 1. The minimum absolute atomic E-state index is 0.00179. The van der Waals surface area contributed by atoms with E-state index in [0.29, 0.717) is 38.5 Å². The van der Waals surface area contributed by atoms with Gasteiger partial charge in [0.15, 0.2) is 0 Å². The fraction of sp³-hybridized carbons (Fsp3) is 0.500. The Labute approximate surface area is 148 Å². The summed E-state index contributed by atoms with van der Waals surface area (Å²) in [4.78, 5) is 41.0. The zero-order chi connectivity index (χ0) is 18.4. The molecule has 0 N–H and O–H groups in total. The maximum absolute atomic E-state index is 12.6. The first-order chi connectivity index (χ1) is 11.9. The van der Waals surface area contributed by atoms with Crippen molar-refractivity contribution in [3.8, 4) is 0 Å². The summed E-state index contributed by atoms with van der Waals surface area (Å²) in [7, 11) is 0. The van der Waals surface area contributed by atoms with E-state index in [1.807, 2.05) is 31.2 Å². The first-order valence-electron chi connectivity index (χ1n) is 8.46. The molecule has 0 unspecified atom stereocenters. The number of rotatable bonds is 4. The van der Waals surface area contributed by atoms with E-state index in [-0.39, 0.29) is 24.5 Å². The summed E-state index contributed by atoms with van der Waals surface area (Å²) >= 11 is 0. The van der Waals surface area contributed by atoms with Crippen molar-refractivity contribution in [3.63, 3.8) is 0 Å². The van der Waals surface area contributed by atoms with Crippen molar-refractivity contribution in [2.24, 2.45) is 0 Å². The Hall–Kier alpha value is -2.57. The molecule has 1 aromatic rings. The molecule has 136 valence electrons. The van der Waals surface area contributed by atoms with Gasteiger partial charge < -0.3 is 19.4 Å². The van der Waals surface area contributed by atoms with Crippen LogP contribution in [-0.2, 0) is 14.3 Å². The zero-order valence-electron chi connectivity index (χ0n) is 15.0. The number of carbonyl (C=O) groups excluding carboxylic acids is 3. The van der Waals surface area contributed by atoms with E-state index in [9.17, 15) is 14.4 Å². The molecule has 0 radical (unpaired) electrons. The molecule has 1 fully saturated rings. The van der Waals surface area contributed by atoms with E-state index in [0.717, 1.165) is 5.56 Å². The van der Waals surface area contributed by atoms with Crippen molar-refractivity contribution in [2.75, 3.05) is 44.2 Å². The van der Waals surface area contributed by atoms with Crippen molar-refractivity contribution < 1.29 is 19.1 Å². The van der Waals surface area contributed by atoms with E-state index in [4.69, 9.17) is 4.74 Å². The van der Waals surface area contributed by atoms with E-state index in [1.54, 1.807) is 16.7 Å². The summed E-state index contributed by atoms with van der Waals surface area (Å²) in [5.41, 5.74) is 1.74. The van der Waals surface area contributed by atoms with E-state index in [2.05, 4.69) is 0 Å². The van der Waals surface area contributed by atoms with Crippen LogP contribution in [0.3, 0.4) is 0 Å². The third-order valence-corrected chi connectivity index (χ3v) is 4.15. The third kappa shape index (κ3) is 4.95. The Balaban J connectivity index is 1.96. The molecule has 7 heteroatoms. The number of hydrogen-bond acceptors (Lipinski definition) is 4. The lowest BCUT2D eigenvalue weighted by Gasteiger charge is -2.35. The van der Waals surface area contributed by atoms with Crippen LogP contribution in [0.25, 0.3) is 0 Å². The van der Waals surface area contributed by atoms with E-state index in [1.165, 1.54) is 11.8 Å². The molecule has 2 rings (SSSR count). The van der Waals surface area contributed by atoms with Gasteiger partial charge >= 0.3 is 6.09 Å². The maximum atomic E-state index is 12.6.